The molecule has 2 heterocycles. The van der Waals surface area contributed by atoms with Gasteiger partial charge in [-0.15, -0.1) is 0 Å². The van der Waals surface area contributed by atoms with Gasteiger partial charge in [0.15, 0.2) is 0 Å². The van der Waals surface area contributed by atoms with E-state index in [1.165, 1.54) is 16.7 Å². The van der Waals surface area contributed by atoms with Crippen LogP contribution in [0.2, 0.25) is 0 Å². The number of carbonyl (C=O) groups excluding carboxylic acids is 1. The molecule has 4 rings (SSSR count). The molecule has 28 heavy (non-hydrogen) atoms. The second-order valence-electron chi connectivity index (χ2n) is 7.72. The Labute approximate surface area is 167 Å². The van der Waals surface area contributed by atoms with E-state index in [2.05, 4.69) is 66.1 Å². The van der Waals surface area contributed by atoms with E-state index in [4.69, 9.17) is 0 Å². The quantitative estimate of drug-likeness (QED) is 0.810. The maximum absolute atomic E-state index is 12.5. The van der Waals surface area contributed by atoms with Crippen LogP contribution in [0.25, 0.3) is 5.57 Å². The molecule has 2 atom stereocenters. The Balaban J connectivity index is 1.56. The SMILES string of the molecule is CCC(=O)N1c2ccccc2[C@H](Nc2ccc(C3=CCNCC3)cc2)C[C@@H]1C. The lowest BCUT2D eigenvalue weighted by Crippen LogP contribution is -2.44. The number of carbonyl (C=O) groups is 1. The number of nitrogens with one attached hydrogen (secondary N) is 2. The van der Waals surface area contributed by atoms with Crippen molar-refractivity contribution in [1.29, 1.82) is 0 Å². The molecule has 4 heteroatoms. The molecule has 0 aromatic heterocycles. The molecule has 4 nitrogen and oxygen atoms in total. The average Bonchev–Trinajstić information content (AvgIpc) is 2.74. The van der Waals surface area contributed by atoms with Crippen molar-refractivity contribution < 1.29 is 4.79 Å². The number of amides is 1. The van der Waals surface area contributed by atoms with Crippen LogP contribution in [-0.2, 0) is 4.79 Å². The molecular weight excluding hydrogens is 346 g/mol. The number of rotatable bonds is 4. The van der Waals surface area contributed by atoms with E-state index in [0.717, 1.165) is 37.3 Å². The lowest BCUT2D eigenvalue weighted by atomic mass is 9.91. The van der Waals surface area contributed by atoms with Gasteiger partial charge in [0.2, 0.25) is 5.91 Å². The summed E-state index contributed by atoms with van der Waals surface area (Å²) >= 11 is 0. The summed E-state index contributed by atoms with van der Waals surface area (Å²) in [7, 11) is 0. The smallest absolute Gasteiger partial charge is 0.226 e. The highest BCUT2D eigenvalue weighted by molar-refractivity contribution is 5.95. The zero-order chi connectivity index (χ0) is 19.5. The zero-order valence-corrected chi connectivity index (χ0v) is 16.7. The summed E-state index contributed by atoms with van der Waals surface area (Å²) < 4.78 is 0. The second kappa shape index (κ2) is 8.19. The van der Waals surface area contributed by atoms with Crippen molar-refractivity contribution in [2.75, 3.05) is 23.3 Å². The maximum atomic E-state index is 12.5. The van der Waals surface area contributed by atoms with Gasteiger partial charge in [-0.2, -0.15) is 0 Å². The number of nitrogens with zero attached hydrogens (tertiary/aromatic N) is 1. The molecule has 2 aromatic rings. The van der Waals surface area contributed by atoms with E-state index in [1.807, 2.05) is 17.9 Å². The number of fused-ring (bicyclic) bond motifs is 1. The van der Waals surface area contributed by atoms with Crippen LogP contribution in [0.4, 0.5) is 11.4 Å². The average molecular weight is 376 g/mol. The Morgan fingerprint density at radius 1 is 1.18 bits per heavy atom. The summed E-state index contributed by atoms with van der Waals surface area (Å²) in [6.45, 7) is 6.08. The third-order valence-corrected chi connectivity index (χ3v) is 5.82. The molecule has 2 aromatic carbocycles. The van der Waals surface area contributed by atoms with Gasteiger partial charge in [-0.05, 0) is 61.2 Å². The lowest BCUT2D eigenvalue weighted by molar-refractivity contribution is -0.118. The Kier molecular flexibility index (Phi) is 5.49. The normalized spacial score (nSPS) is 21.6. The Morgan fingerprint density at radius 2 is 1.96 bits per heavy atom. The minimum atomic E-state index is 0.180. The van der Waals surface area contributed by atoms with E-state index < -0.39 is 0 Å². The van der Waals surface area contributed by atoms with Gasteiger partial charge in [-0.25, -0.2) is 0 Å². The van der Waals surface area contributed by atoms with Crippen LogP contribution in [-0.4, -0.2) is 25.0 Å². The zero-order valence-electron chi connectivity index (χ0n) is 16.7. The lowest BCUT2D eigenvalue weighted by Gasteiger charge is -2.40. The number of benzene rings is 2. The van der Waals surface area contributed by atoms with E-state index in [-0.39, 0.29) is 18.0 Å². The third-order valence-electron chi connectivity index (χ3n) is 5.82. The molecule has 0 saturated heterocycles. The molecule has 1 amide bonds. The van der Waals surface area contributed by atoms with Crippen LogP contribution in [0.5, 0.6) is 0 Å². The topological polar surface area (TPSA) is 44.4 Å². The van der Waals surface area contributed by atoms with E-state index >= 15 is 0 Å². The van der Waals surface area contributed by atoms with Crippen LogP contribution in [0.15, 0.2) is 54.6 Å². The van der Waals surface area contributed by atoms with Crippen molar-refractivity contribution in [3.8, 4) is 0 Å². The Morgan fingerprint density at radius 3 is 2.68 bits per heavy atom. The standard InChI is InChI=1S/C24H29N3O/c1-3-24(28)27-17(2)16-22(21-6-4-5-7-23(21)27)26-20-10-8-18(9-11-20)19-12-14-25-15-13-19/h4-12,17,22,25-26H,3,13-16H2,1-2H3/t17-,22+/m0/s1. The van der Waals surface area contributed by atoms with Gasteiger partial charge < -0.3 is 15.5 Å². The summed E-state index contributed by atoms with van der Waals surface area (Å²) in [6.07, 6.45) is 4.80. The van der Waals surface area contributed by atoms with Crippen LogP contribution >= 0.6 is 0 Å². The fourth-order valence-corrected chi connectivity index (χ4v) is 4.37. The molecular formula is C24H29N3O. The summed E-state index contributed by atoms with van der Waals surface area (Å²) in [5.74, 6) is 0.193. The van der Waals surface area contributed by atoms with Gasteiger partial charge in [0.05, 0.1) is 6.04 Å². The molecule has 0 radical (unpaired) electrons. The predicted molar refractivity (Wildman–Crippen MR) is 117 cm³/mol. The fourth-order valence-electron chi connectivity index (χ4n) is 4.37. The maximum Gasteiger partial charge on any atom is 0.226 e. The number of hydrogen-bond acceptors (Lipinski definition) is 3. The first-order valence-corrected chi connectivity index (χ1v) is 10.3. The largest absolute Gasteiger partial charge is 0.378 e. The van der Waals surface area contributed by atoms with E-state index in [1.54, 1.807) is 0 Å². The van der Waals surface area contributed by atoms with Crippen LogP contribution < -0.4 is 15.5 Å². The highest BCUT2D eigenvalue weighted by atomic mass is 16.2. The molecule has 0 spiro atoms. The van der Waals surface area contributed by atoms with Crippen molar-refractivity contribution in [2.45, 2.75) is 45.2 Å². The number of anilines is 2. The highest BCUT2D eigenvalue weighted by Crippen LogP contribution is 2.39. The van der Waals surface area contributed by atoms with Crippen molar-refractivity contribution in [3.05, 3.63) is 65.7 Å². The first kappa shape index (κ1) is 18.8. The monoisotopic (exact) mass is 375 g/mol. The van der Waals surface area contributed by atoms with Gasteiger partial charge in [-0.3, -0.25) is 4.79 Å². The summed E-state index contributed by atoms with van der Waals surface area (Å²) in [6, 6.07) is 17.5. The van der Waals surface area contributed by atoms with Crippen LogP contribution in [0.1, 0.15) is 50.3 Å². The minimum Gasteiger partial charge on any atom is -0.378 e. The van der Waals surface area contributed by atoms with Gasteiger partial charge in [0, 0.05) is 30.4 Å². The fraction of sp³-hybridized carbons (Fsp3) is 0.375. The summed E-state index contributed by atoms with van der Waals surface area (Å²) in [5.41, 5.74) is 6.11. The van der Waals surface area contributed by atoms with Crippen molar-refractivity contribution in [2.24, 2.45) is 0 Å². The van der Waals surface area contributed by atoms with E-state index in [0.29, 0.717) is 6.42 Å². The number of para-hydroxylation sites is 1. The number of hydrogen-bond donors (Lipinski definition) is 2. The molecule has 2 aliphatic rings. The predicted octanol–water partition coefficient (Wildman–Crippen LogP) is 4.75. The van der Waals surface area contributed by atoms with Crippen molar-refractivity contribution >= 4 is 22.9 Å². The highest BCUT2D eigenvalue weighted by Gasteiger charge is 2.32. The van der Waals surface area contributed by atoms with Gasteiger partial charge in [-0.1, -0.05) is 43.3 Å². The Bertz CT molecular complexity index is 872. The molecule has 0 saturated carbocycles. The van der Waals surface area contributed by atoms with Crippen molar-refractivity contribution in [3.63, 3.8) is 0 Å². The summed E-state index contributed by atoms with van der Waals surface area (Å²) in [4.78, 5) is 14.5. The second-order valence-corrected chi connectivity index (χ2v) is 7.72. The Hall–Kier alpha value is -2.59. The molecule has 146 valence electrons. The third kappa shape index (κ3) is 3.69. The molecule has 0 bridgehead atoms. The molecule has 0 aliphatic carbocycles. The van der Waals surface area contributed by atoms with E-state index in [9.17, 15) is 4.79 Å². The molecule has 2 aliphatic heterocycles. The molecule has 2 N–H and O–H groups in total. The summed E-state index contributed by atoms with van der Waals surface area (Å²) in [5, 5.41) is 7.07. The first-order valence-electron chi connectivity index (χ1n) is 10.3. The molecule has 0 unspecified atom stereocenters. The minimum absolute atomic E-state index is 0.180. The van der Waals surface area contributed by atoms with Crippen LogP contribution in [0.3, 0.4) is 0 Å². The van der Waals surface area contributed by atoms with Gasteiger partial charge >= 0.3 is 0 Å². The molecule has 0 fully saturated rings. The van der Waals surface area contributed by atoms with Crippen molar-refractivity contribution in [1.82, 2.24) is 5.32 Å². The van der Waals surface area contributed by atoms with Gasteiger partial charge in [0.1, 0.15) is 0 Å². The first-order chi connectivity index (χ1) is 13.7. The van der Waals surface area contributed by atoms with Gasteiger partial charge in [0.25, 0.3) is 0 Å². The van der Waals surface area contributed by atoms with Crippen LogP contribution in [0, 0.1) is 0 Å².